The minimum Gasteiger partial charge on any atom is -0.444 e. The van der Waals surface area contributed by atoms with Crippen molar-refractivity contribution in [1.29, 1.82) is 0 Å². The van der Waals surface area contributed by atoms with Crippen LogP contribution in [0, 0.1) is 11.8 Å². The van der Waals surface area contributed by atoms with Crippen molar-refractivity contribution in [2.75, 3.05) is 0 Å². The van der Waals surface area contributed by atoms with E-state index in [4.69, 9.17) is 4.74 Å². The number of alkyl carbamates (subject to hydrolysis) is 1. The molecule has 5 nitrogen and oxygen atoms in total. The largest absolute Gasteiger partial charge is 0.444 e. The molecule has 1 atom stereocenters. The first-order valence-electron chi connectivity index (χ1n) is 9.08. The van der Waals surface area contributed by atoms with E-state index in [0.29, 0.717) is 0 Å². The molecule has 4 saturated carbocycles. The Labute approximate surface area is 138 Å². The summed E-state index contributed by atoms with van der Waals surface area (Å²) in [6.07, 6.45) is 8.36. The lowest BCUT2D eigenvalue weighted by Crippen LogP contribution is -2.70. The molecule has 0 unspecified atom stereocenters. The number of nitrogens with one attached hydrogen (secondary N) is 2. The molecule has 0 aromatic rings. The number of hydrogen-bond acceptors (Lipinski definition) is 3. The zero-order valence-electron chi connectivity index (χ0n) is 14.6. The second-order valence-corrected chi connectivity index (χ2v) is 8.77. The van der Waals surface area contributed by atoms with Crippen LogP contribution in [0.5, 0.6) is 0 Å². The fourth-order valence-electron chi connectivity index (χ4n) is 4.27. The zero-order valence-corrected chi connectivity index (χ0v) is 14.6. The van der Waals surface area contributed by atoms with Gasteiger partial charge in [0.25, 0.3) is 0 Å². The normalized spacial score (nSPS) is 31.3. The third-order valence-corrected chi connectivity index (χ3v) is 5.50. The van der Waals surface area contributed by atoms with Crippen molar-refractivity contribution in [2.24, 2.45) is 11.8 Å². The molecule has 130 valence electrons. The monoisotopic (exact) mass is 322 g/mol. The van der Waals surface area contributed by atoms with Crippen LogP contribution < -0.4 is 10.6 Å². The van der Waals surface area contributed by atoms with Gasteiger partial charge in [0.1, 0.15) is 11.6 Å². The maximum Gasteiger partial charge on any atom is 0.408 e. The summed E-state index contributed by atoms with van der Waals surface area (Å²) >= 11 is 0. The van der Waals surface area contributed by atoms with E-state index in [1.165, 1.54) is 6.42 Å². The van der Waals surface area contributed by atoms with Crippen molar-refractivity contribution in [1.82, 2.24) is 10.6 Å². The smallest absolute Gasteiger partial charge is 0.408 e. The van der Waals surface area contributed by atoms with Crippen LogP contribution in [0.4, 0.5) is 4.79 Å². The molecule has 0 aromatic carbocycles. The van der Waals surface area contributed by atoms with Gasteiger partial charge in [0, 0.05) is 5.54 Å². The van der Waals surface area contributed by atoms with Crippen LogP contribution >= 0.6 is 0 Å². The molecule has 0 aromatic heterocycles. The standard InChI is InChI=1S/C18H30N2O3/c1-17(2,3)23-16(22)19-14(13-7-5-4-6-8-13)15(21)20-18-9-12(10-18)11-18/h12-14H,4-11H2,1-3H3,(H,19,22)(H,20,21)/t12?,14-,18?/m1/s1. The summed E-state index contributed by atoms with van der Waals surface area (Å²) in [4.78, 5) is 25.0. The van der Waals surface area contributed by atoms with Gasteiger partial charge < -0.3 is 15.4 Å². The molecule has 2 amide bonds. The molecule has 0 aliphatic heterocycles. The van der Waals surface area contributed by atoms with Gasteiger partial charge in [-0.15, -0.1) is 0 Å². The van der Waals surface area contributed by atoms with Gasteiger partial charge in [0.15, 0.2) is 0 Å². The number of rotatable bonds is 4. The minimum atomic E-state index is -0.550. The predicted octanol–water partition coefficient (Wildman–Crippen LogP) is 3.13. The Bertz CT molecular complexity index is 460. The Kier molecular flexibility index (Phi) is 4.32. The van der Waals surface area contributed by atoms with Gasteiger partial charge >= 0.3 is 6.09 Å². The zero-order chi connectivity index (χ0) is 16.7. The van der Waals surface area contributed by atoms with Gasteiger partial charge in [0.2, 0.25) is 5.91 Å². The Balaban J connectivity index is 1.62. The predicted molar refractivity (Wildman–Crippen MR) is 87.9 cm³/mol. The molecule has 4 aliphatic carbocycles. The van der Waals surface area contributed by atoms with Crippen molar-refractivity contribution in [3.8, 4) is 0 Å². The van der Waals surface area contributed by atoms with Gasteiger partial charge in [-0.05, 0) is 64.7 Å². The molecule has 2 N–H and O–H groups in total. The Hall–Kier alpha value is -1.26. The molecule has 0 radical (unpaired) electrons. The summed E-state index contributed by atoms with van der Waals surface area (Å²) in [6.45, 7) is 5.51. The van der Waals surface area contributed by atoms with Crippen LogP contribution in [-0.2, 0) is 9.53 Å². The molecular formula is C18H30N2O3. The molecule has 4 rings (SSSR count). The van der Waals surface area contributed by atoms with Crippen LogP contribution in [-0.4, -0.2) is 29.2 Å². The van der Waals surface area contributed by atoms with E-state index in [2.05, 4.69) is 10.6 Å². The summed E-state index contributed by atoms with van der Waals surface area (Å²) < 4.78 is 5.36. The average molecular weight is 322 g/mol. The molecule has 5 heteroatoms. The quantitative estimate of drug-likeness (QED) is 0.835. The SMILES string of the molecule is CC(C)(C)OC(=O)N[C@@H](C(=O)NC12CC(C1)C2)C1CCCCC1. The van der Waals surface area contributed by atoms with E-state index in [0.717, 1.165) is 50.9 Å². The van der Waals surface area contributed by atoms with Gasteiger partial charge in [-0.3, -0.25) is 4.79 Å². The highest BCUT2D eigenvalue weighted by molar-refractivity contribution is 5.87. The van der Waals surface area contributed by atoms with Crippen LogP contribution in [0.2, 0.25) is 0 Å². The van der Waals surface area contributed by atoms with Crippen molar-refractivity contribution in [3.63, 3.8) is 0 Å². The summed E-state index contributed by atoms with van der Waals surface area (Å²) in [5.41, 5.74) is -0.504. The van der Waals surface area contributed by atoms with Crippen LogP contribution in [0.25, 0.3) is 0 Å². The second-order valence-electron chi connectivity index (χ2n) is 8.77. The molecule has 23 heavy (non-hydrogen) atoms. The van der Waals surface area contributed by atoms with E-state index in [-0.39, 0.29) is 17.4 Å². The van der Waals surface area contributed by atoms with Gasteiger partial charge in [-0.2, -0.15) is 0 Å². The average Bonchev–Trinajstić information content (AvgIpc) is 2.37. The van der Waals surface area contributed by atoms with Crippen molar-refractivity contribution < 1.29 is 14.3 Å². The summed E-state index contributed by atoms with van der Waals surface area (Å²) in [5.74, 6) is 1.03. The number of carbonyl (C=O) groups is 2. The number of amides is 2. The van der Waals surface area contributed by atoms with Crippen LogP contribution in [0.1, 0.15) is 72.1 Å². The third kappa shape index (κ3) is 3.81. The van der Waals surface area contributed by atoms with E-state index in [9.17, 15) is 9.59 Å². The van der Waals surface area contributed by atoms with E-state index in [1.54, 1.807) is 0 Å². The van der Waals surface area contributed by atoms with E-state index >= 15 is 0 Å². The van der Waals surface area contributed by atoms with Crippen molar-refractivity contribution in [2.45, 2.75) is 89.3 Å². The lowest BCUT2D eigenvalue weighted by atomic mass is 9.50. The first-order chi connectivity index (χ1) is 10.8. The lowest BCUT2D eigenvalue weighted by molar-refractivity contribution is -0.136. The number of carbonyl (C=O) groups excluding carboxylic acids is 2. The molecule has 0 saturated heterocycles. The molecular weight excluding hydrogens is 292 g/mol. The molecule has 0 heterocycles. The maximum absolute atomic E-state index is 12.8. The lowest BCUT2D eigenvalue weighted by Gasteiger charge is -2.62. The molecule has 2 bridgehead atoms. The Morgan fingerprint density at radius 3 is 2.17 bits per heavy atom. The second kappa shape index (κ2) is 5.99. The van der Waals surface area contributed by atoms with Crippen LogP contribution in [0.15, 0.2) is 0 Å². The highest BCUT2D eigenvalue weighted by Gasteiger charge is 2.57. The Morgan fingerprint density at radius 1 is 1.09 bits per heavy atom. The van der Waals surface area contributed by atoms with Gasteiger partial charge in [0.05, 0.1) is 0 Å². The molecule has 4 aliphatic rings. The third-order valence-electron chi connectivity index (χ3n) is 5.50. The first-order valence-corrected chi connectivity index (χ1v) is 9.08. The Morgan fingerprint density at radius 2 is 1.70 bits per heavy atom. The summed E-state index contributed by atoms with van der Waals surface area (Å²) in [7, 11) is 0. The van der Waals surface area contributed by atoms with Gasteiger partial charge in [-0.1, -0.05) is 19.3 Å². The minimum absolute atomic E-state index is 0.0130. The molecule has 0 spiro atoms. The highest BCUT2D eigenvalue weighted by Crippen LogP contribution is 2.57. The van der Waals surface area contributed by atoms with Crippen LogP contribution in [0.3, 0.4) is 0 Å². The fraction of sp³-hybridized carbons (Fsp3) is 0.889. The topological polar surface area (TPSA) is 67.4 Å². The number of ether oxygens (including phenoxy) is 1. The highest BCUT2D eigenvalue weighted by atomic mass is 16.6. The maximum atomic E-state index is 12.8. The summed E-state index contributed by atoms with van der Waals surface area (Å²) in [5, 5.41) is 6.07. The first kappa shape index (κ1) is 16.6. The summed E-state index contributed by atoms with van der Waals surface area (Å²) in [6, 6.07) is -0.459. The van der Waals surface area contributed by atoms with Crippen molar-refractivity contribution in [3.05, 3.63) is 0 Å². The molecule has 4 fully saturated rings. The van der Waals surface area contributed by atoms with E-state index in [1.807, 2.05) is 20.8 Å². The fourth-order valence-corrected chi connectivity index (χ4v) is 4.27. The van der Waals surface area contributed by atoms with E-state index < -0.39 is 17.7 Å². The number of hydrogen-bond donors (Lipinski definition) is 2. The van der Waals surface area contributed by atoms with Crippen molar-refractivity contribution >= 4 is 12.0 Å². The van der Waals surface area contributed by atoms with Gasteiger partial charge in [-0.25, -0.2) is 4.79 Å².